The van der Waals surface area contributed by atoms with Crippen LogP contribution in [0.25, 0.3) is 0 Å². The van der Waals surface area contributed by atoms with Crippen LogP contribution in [0.2, 0.25) is 0 Å². The van der Waals surface area contributed by atoms with E-state index in [0.29, 0.717) is 0 Å². The minimum absolute atomic E-state index is 0.0725. The number of hydrogen-bond acceptors (Lipinski definition) is 3. The zero-order chi connectivity index (χ0) is 13.1. The lowest BCUT2D eigenvalue weighted by Gasteiger charge is -2.11. The first kappa shape index (κ1) is 13.6. The van der Waals surface area contributed by atoms with Crippen LogP contribution in [0.4, 0.5) is 4.39 Å². The van der Waals surface area contributed by atoms with Gasteiger partial charge in [0, 0.05) is 12.6 Å². The van der Waals surface area contributed by atoms with Crippen LogP contribution in [0.1, 0.15) is 12.5 Å². The Morgan fingerprint density at radius 1 is 1.41 bits per heavy atom. The summed E-state index contributed by atoms with van der Waals surface area (Å²) in [5, 5.41) is 1.07. The van der Waals surface area contributed by atoms with Crippen molar-refractivity contribution >= 4 is 15.7 Å². The summed E-state index contributed by atoms with van der Waals surface area (Å²) in [6, 6.07) is 5.62. The van der Waals surface area contributed by atoms with Crippen LogP contribution in [0.5, 0.6) is 0 Å². The molecule has 1 aromatic carbocycles. The van der Waals surface area contributed by atoms with E-state index in [0.717, 1.165) is 0 Å². The Balaban J connectivity index is 2.95. The van der Waals surface area contributed by atoms with E-state index in [4.69, 9.17) is 0 Å². The van der Waals surface area contributed by atoms with Crippen molar-refractivity contribution in [1.29, 1.82) is 0 Å². The van der Waals surface area contributed by atoms with Crippen LogP contribution in [0, 0.1) is 5.82 Å². The van der Waals surface area contributed by atoms with Gasteiger partial charge in [-0.25, -0.2) is 12.8 Å². The van der Waals surface area contributed by atoms with Gasteiger partial charge in [-0.15, -0.1) is 0 Å². The van der Waals surface area contributed by atoms with Gasteiger partial charge < -0.3 is 5.32 Å². The van der Waals surface area contributed by atoms with Crippen molar-refractivity contribution in [3.05, 3.63) is 35.6 Å². The largest absolute Gasteiger partial charge is 0.358 e. The van der Waals surface area contributed by atoms with Gasteiger partial charge in [-0.05, 0) is 13.0 Å². The maximum atomic E-state index is 13.3. The Kier molecular flexibility index (Phi) is 4.22. The van der Waals surface area contributed by atoms with Crippen LogP contribution in [0.15, 0.2) is 24.3 Å². The molecule has 0 saturated heterocycles. The topological polar surface area (TPSA) is 63.2 Å². The standard InChI is InChI=1S/C11H14FNO3S/c1-8(11(14)13-2)17(15,16)7-9-5-3-4-6-10(9)12/h3-6,8H,7H2,1-2H3,(H,13,14)/t8-/m1/s1. The third kappa shape index (κ3) is 3.26. The third-order valence-corrected chi connectivity index (χ3v) is 4.47. The molecule has 0 aliphatic carbocycles. The molecule has 1 aromatic rings. The molecule has 17 heavy (non-hydrogen) atoms. The number of rotatable bonds is 4. The SMILES string of the molecule is CNC(=O)[C@@H](C)S(=O)(=O)Cc1ccccc1F. The van der Waals surface area contributed by atoms with Crippen molar-refractivity contribution in [3.63, 3.8) is 0 Å². The predicted octanol–water partition coefficient (Wildman–Crippen LogP) is 0.875. The molecule has 94 valence electrons. The van der Waals surface area contributed by atoms with E-state index < -0.39 is 32.6 Å². The zero-order valence-corrected chi connectivity index (χ0v) is 10.4. The summed E-state index contributed by atoms with van der Waals surface area (Å²) >= 11 is 0. The number of amides is 1. The van der Waals surface area contributed by atoms with E-state index in [1.807, 2.05) is 0 Å². The second kappa shape index (κ2) is 5.27. The molecule has 1 N–H and O–H groups in total. The summed E-state index contributed by atoms with van der Waals surface area (Å²) in [5.74, 6) is -1.66. The summed E-state index contributed by atoms with van der Waals surface area (Å²) < 4.78 is 37.0. The van der Waals surface area contributed by atoms with Crippen molar-refractivity contribution < 1.29 is 17.6 Å². The Morgan fingerprint density at radius 3 is 2.53 bits per heavy atom. The highest BCUT2D eigenvalue weighted by molar-refractivity contribution is 7.92. The van der Waals surface area contributed by atoms with Crippen molar-refractivity contribution in [1.82, 2.24) is 5.32 Å². The fourth-order valence-corrected chi connectivity index (χ4v) is 2.69. The second-order valence-corrected chi connectivity index (χ2v) is 5.98. The average Bonchev–Trinajstić information content (AvgIpc) is 2.30. The predicted molar refractivity (Wildman–Crippen MR) is 62.6 cm³/mol. The van der Waals surface area contributed by atoms with Crippen LogP contribution in [0.3, 0.4) is 0 Å². The number of sulfone groups is 1. The van der Waals surface area contributed by atoms with Gasteiger partial charge in [-0.2, -0.15) is 0 Å². The van der Waals surface area contributed by atoms with E-state index in [-0.39, 0.29) is 5.56 Å². The fraction of sp³-hybridized carbons (Fsp3) is 0.364. The minimum atomic E-state index is -3.70. The van der Waals surface area contributed by atoms with E-state index >= 15 is 0 Å². The van der Waals surface area contributed by atoms with Gasteiger partial charge in [0.15, 0.2) is 9.84 Å². The number of nitrogens with one attached hydrogen (secondary N) is 1. The van der Waals surface area contributed by atoms with Gasteiger partial charge in [-0.3, -0.25) is 4.79 Å². The maximum Gasteiger partial charge on any atom is 0.237 e. The molecule has 0 aliphatic rings. The first-order valence-electron chi connectivity index (χ1n) is 5.05. The van der Waals surface area contributed by atoms with Crippen LogP contribution < -0.4 is 5.32 Å². The Morgan fingerprint density at radius 2 is 2.00 bits per heavy atom. The molecule has 0 radical (unpaired) electrons. The summed E-state index contributed by atoms with van der Waals surface area (Å²) in [6.45, 7) is 1.29. The number of carbonyl (C=O) groups is 1. The quantitative estimate of drug-likeness (QED) is 0.873. The Bertz CT molecular complexity index is 513. The molecule has 0 unspecified atom stereocenters. The monoisotopic (exact) mass is 259 g/mol. The normalized spacial score (nSPS) is 13.1. The maximum absolute atomic E-state index is 13.3. The summed E-state index contributed by atoms with van der Waals surface area (Å²) in [6.07, 6.45) is 0. The highest BCUT2D eigenvalue weighted by Crippen LogP contribution is 2.14. The molecule has 0 fully saturated rings. The molecule has 1 atom stereocenters. The number of halogens is 1. The fourth-order valence-electron chi connectivity index (χ4n) is 1.32. The van der Waals surface area contributed by atoms with E-state index in [2.05, 4.69) is 5.32 Å². The average molecular weight is 259 g/mol. The first-order chi connectivity index (χ1) is 7.88. The smallest absolute Gasteiger partial charge is 0.237 e. The van der Waals surface area contributed by atoms with Gasteiger partial charge in [0.25, 0.3) is 0 Å². The summed E-state index contributed by atoms with van der Waals surface area (Å²) in [7, 11) is -2.34. The van der Waals surface area contributed by atoms with Gasteiger partial charge in [0.1, 0.15) is 11.1 Å². The van der Waals surface area contributed by atoms with Crippen molar-refractivity contribution in [2.24, 2.45) is 0 Å². The van der Waals surface area contributed by atoms with Crippen LogP contribution in [-0.4, -0.2) is 26.6 Å². The second-order valence-electron chi connectivity index (χ2n) is 3.66. The van der Waals surface area contributed by atoms with Crippen molar-refractivity contribution in [3.8, 4) is 0 Å². The molecule has 4 nitrogen and oxygen atoms in total. The zero-order valence-electron chi connectivity index (χ0n) is 9.60. The molecule has 1 amide bonds. The third-order valence-electron chi connectivity index (χ3n) is 2.47. The molecule has 6 heteroatoms. The minimum Gasteiger partial charge on any atom is -0.358 e. The molecule has 0 bridgehead atoms. The van der Waals surface area contributed by atoms with E-state index in [9.17, 15) is 17.6 Å². The van der Waals surface area contributed by atoms with E-state index in [1.165, 1.54) is 32.2 Å². The van der Waals surface area contributed by atoms with E-state index in [1.54, 1.807) is 6.07 Å². The number of benzene rings is 1. The lowest BCUT2D eigenvalue weighted by Crippen LogP contribution is -2.36. The van der Waals surface area contributed by atoms with Gasteiger partial charge in [0.2, 0.25) is 5.91 Å². The van der Waals surface area contributed by atoms with Crippen LogP contribution in [-0.2, 0) is 20.4 Å². The Labute approximate surface area is 99.8 Å². The molecule has 0 aliphatic heterocycles. The molecule has 0 spiro atoms. The summed E-state index contributed by atoms with van der Waals surface area (Å²) in [4.78, 5) is 11.2. The number of carbonyl (C=O) groups excluding carboxylic acids is 1. The Hall–Kier alpha value is -1.43. The molecule has 0 saturated carbocycles. The highest BCUT2D eigenvalue weighted by atomic mass is 32.2. The number of hydrogen-bond donors (Lipinski definition) is 1. The summed E-state index contributed by atoms with van der Waals surface area (Å²) in [5.41, 5.74) is 0.0725. The highest BCUT2D eigenvalue weighted by Gasteiger charge is 2.28. The van der Waals surface area contributed by atoms with Gasteiger partial charge in [-0.1, -0.05) is 18.2 Å². The van der Waals surface area contributed by atoms with Crippen molar-refractivity contribution in [2.75, 3.05) is 7.05 Å². The lowest BCUT2D eigenvalue weighted by atomic mass is 10.2. The molecule has 0 aromatic heterocycles. The first-order valence-corrected chi connectivity index (χ1v) is 6.76. The van der Waals surface area contributed by atoms with Gasteiger partial charge >= 0.3 is 0 Å². The molecule has 1 rings (SSSR count). The van der Waals surface area contributed by atoms with Crippen LogP contribution >= 0.6 is 0 Å². The van der Waals surface area contributed by atoms with Crippen molar-refractivity contribution in [2.45, 2.75) is 17.9 Å². The lowest BCUT2D eigenvalue weighted by molar-refractivity contribution is -0.119. The van der Waals surface area contributed by atoms with Gasteiger partial charge in [0.05, 0.1) is 5.75 Å². The molecular weight excluding hydrogens is 245 g/mol. The molecular formula is C11H14FNO3S. The molecule has 0 heterocycles.